The third-order valence-corrected chi connectivity index (χ3v) is 8.42. The number of rotatable bonds is 2. The standard InChI is InChI=1S/C24H38N4O/c1-17(2)21-25-23-27(22(29)18-11-5-3-6-12-18)20-14-8-7-13-19(20)24(28(23)26-21)15-9-4-10-16-24/h17-20H,3-16H2,1-2H3/t19-,20+/m1/s1. The molecule has 4 aliphatic rings. The minimum absolute atomic E-state index is 0.0994. The van der Waals surface area contributed by atoms with E-state index in [0.717, 1.165) is 31.0 Å². The smallest absolute Gasteiger partial charge is 0.232 e. The summed E-state index contributed by atoms with van der Waals surface area (Å²) in [6, 6.07) is 0.341. The van der Waals surface area contributed by atoms with E-state index < -0.39 is 0 Å². The number of carbonyl (C=O) groups excluding carboxylic acids is 1. The molecule has 3 fully saturated rings. The molecule has 0 radical (unpaired) electrons. The number of hydrogen-bond acceptors (Lipinski definition) is 3. The van der Waals surface area contributed by atoms with E-state index in [1.807, 2.05) is 0 Å². The number of anilines is 1. The topological polar surface area (TPSA) is 51.0 Å². The van der Waals surface area contributed by atoms with Gasteiger partial charge in [0.1, 0.15) is 0 Å². The fraction of sp³-hybridized carbons (Fsp3) is 0.875. The van der Waals surface area contributed by atoms with E-state index in [1.54, 1.807) is 0 Å². The summed E-state index contributed by atoms with van der Waals surface area (Å²) in [6.45, 7) is 4.35. The van der Waals surface area contributed by atoms with E-state index in [2.05, 4.69) is 23.4 Å². The molecule has 0 saturated heterocycles. The van der Waals surface area contributed by atoms with Gasteiger partial charge in [-0.2, -0.15) is 10.1 Å². The maximum atomic E-state index is 13.9. The van der Waals surface area contributed by atoms with Crippen molar-refractivity contribution >= 4 is 11.9 Å². The van der Waals surface area contributed by atoms with Crippen molar-refractivity contribution in [1.29, 1.82) is 0 Å². The van der Waals surface area contributed by atoms with Crippen LogP contribution in [-0.2, 0) is 10.3 Å². The maximum Gasteiger partial charge on any atom is 0.232 e. The van der Waals surface area contributed by atoms with Crippen molar-refractivity contribution in [3.63, 3.8) is 0 Å². The van der Waals surface area contributed by atoms with Crippen molar-refractivity contribution < 1.29 is 4.79 Å². The molecule has 1 amide bonds. The van der Waals surface area contributed by atoms with Gasteiger partial charge in [-0.25, -0.2) is 4.68 Å². The van der Waals surface area contributed by atoms with E-state index in [4.69, 9.17) is 10.1 Å². The number of carbonyl (C=O) groups is 1. The fourth-order valence-electron chi connectivity index (χ4n) is 6.93. The Morgan fingerprint density at radius 2 is 1.59 bits per heavy atom. The Morgan fingerprint density at radius 3 is 2.31 bits per heavy atom. The van der Waals surface area contributed by atoms with Gasteiger partial charge in [-0.15, -0.1) is 0 Å². The quantitative estimate of drug-likeness (QED) is 0.656. The second-order valence-corrected chi connectivity index (χ2v) is 10.5. The molecule has 5 heteroatoms. The molecule has 1 spiro atoms. The zero-order chi connectivity index (χ0) is 20.0. The van der Waals surface area contributed by atoms with Gasteiger partial charge in [-0.3, -0.25) is 9.69 Å². The zero-order valence-corrected chi connectivity index (χ0v) is 18.4. The number of nitrogens with zero attached hydrogens (tertiary/aromatic N) is 4. The van der Waals surface area contributed by atoms with Crippen molar-refractivity contribution in [3.8, 4) is 0 Å². The lowest BCUT2D eigenvalue weighted by atomic mass is 9.64. The first-order valence-electron chi connectivity index (χ1n) is 12.4. The highest BCUT2D eigenvalue weighted by molar-refractivity contribution is 5.94. The first-order valence-corrected chi connectivity index (χ1v) is 12.4. The number of hydrogen-bond donors (Lipinski definition) is 0. The van der Waals surface area contributed by atoms with Gasteiger partial charge in [0, 0.05) is 23.8 Å². The first-order chi connectivity index (χ1) is 14.1. The van der Waals surface area contributed by atoms with Crippen molar-refractivity contribution in [2.75, 3.05) is 4.90 Å². The maximum absolute atomic E-state index is 13.9. The zero-order valence-electron chi connectivity index (χ0n) is 18.4. The van der Waals surface area contributed by atoms with E-state index in [9.17, 15) is 4.79 Å². The van der Waals surface area contributed by atoms with E-state index in [0.29, 0.717) is 23.8 Å². The molecule has 2 atom stereocenters. The summed E-state index contributed by atoms with van der Waals surface area (Å²) in [4.78, 5) is 21.1. The van der Waals surface area contributed by atoms with E-state index in [-0.39, 0.29) is 11.5 Å². The van der Waals surface area contributed by atoms with Gasteiger partial charge in [0.2, 0.25) is 11.9 Å². The lowest BCUT2D eigenvalue weighted by molar-refractivity contribution is -0.125. The molecule has 3 aliphatic carbocycles. The van der Waals surface area contributed by atoms with Gasteiger partial charge < -0.3 is 0 Å². The minimum atomic E-state index is 0.0994. The molecule has 0 bridgehead atoms. The van der Waals surface area contributed by atoms with Crippen molar-refractivity contribution in [2.24, 2.45) is 11.8 Å². The Labute approximate surface area is 175 Å². The molecular formula is C24H38N4O. The Kier molecular flexibility index (Phi) is 5.19. The number of amides is 1. The molecule has 1 aliphatic heterocycles. The summed E-state index contributed by atoms with van der Waals surface area (Å²) in [7, 11) is 0. The molecule has 160 valence electrons. The summed E-state index contributed by atoms with van der Waals surface area (Å²) in [5.41, 5.74) is 0.0994. The van der Waals surface area contributed by atoms with Crippen LogP contribution in [0, 0.1) is 11.8 Å². The highest BCUT2D eigenvalue weighted by Gasteiger charge is 2.55. The van der Waals surface area contributed by atoms with Crippen LogP contribution in [0.5, 0.6) is 0 Å². The Balaban J connectivity index is 1.62. The second kappa shape index (κ2) is 7.70. The predicted octanol–water partition coefficient (Wildman–Crippen LogP) is 5.55. The molecule has 5 rings (SSSR count). The lowest BCUT2D eigenvalue weighted by Gasteiger charge is -2.55. The van der Waals surface area contributed by atoms with E-state index in [1.165, 1.54) is 70.6 Å². The second-order valence-electron chi connectivity index (χ2n) is 10.5. The molecule has 1 aromatic heterocycles. The van der Waals surface area contributed by atoms with Crippen molar-refractivity contribution in [3.05, 3.63) is 5.82 Å². The average Bonchev–Trinajstić information content (AvgIpc) is 3.22. The Hall–Kier alpha value is -1.39. The summed E-state index contributed by atoms with van der Waals surface area (Å²) in [6.07, 6.45) is 17.1. The van der Waals surface area contributed by atoms with Crippen molar-refractivity contribution in [2.45, 2.75) is 121 Å². The molecule has 0 aromatic carbocycles. The van der Waals surface area contributed by atoms with Crippen LogP contribution in [0.2, 0.25) is 0 Å². The predicted molar refractivity (Wildman–Crippen MR) is 115 cm³/mol. The molecule has 0 unspecified atom stereocenters. The van der Waals surface area contributed by atoms with Gasteiger partial charge in [-0.05, 0) is 38.5 Å². The van der Waals surface area contributed by atoms with Crippen LogP contribution in [0.1, 0.15) is 115 Å². The Bertz CT molecular complexity index is 742. The SMILES string of the molecule is CC(C)c1nc2n(n1)C1(CCCCC1)[C@@H]1CCCC[C@@H]1N2C(=O)C1CCCCC1. The fourth-order valence-corrected chi connectivity index (χ4v) is 6.93. The van der Waals surface area contributed by atoms with E-state index >= 15 is 0 Å². The van der Waals surface area contributed by atoms with Crippen LogP contribution in [0.4, 0.5) is 5.95 Å². The average molecular weight is 399 g/mol. The summed E-state index contributed by atoms with van der Waals surface area (Å²) < 4.78 is 2.29. The highest BCUT2D eigenvalue weighted by Crippen LogP contribution is 2.53. The van der Waals surface area contributed by atoms with Crippen LogP contribution in [0.15, 0.2) is 0 Å². The first kappa shape index (κ1) is 19.6. The molecule has 2 heterocycles. The molecular weight excluding hydrogens is 360 g/mol. The molecule has 0 N–H and O–H groups in total. The minimum Gasteiger partial charge on any atom is -0.277 e. The van der Waals surface area contributed by atoms with Crippen molar-refractivity contribution in [1.82, 2.24) is 14.8 Å². The van der Waals surface area contributed by atoms with Gasteiger partial charge in [-0.1, -0.05) is 65.2 Å². The number of aromatic nitrogens is 3. The molecule has 5 nitrogen and oxygen atoms in total. The van der Waals surface area contributed by atoms with Gasteiger partial charge in [0.25, 0.3) is 0 Å². The van der Waals surface area contributed by atoms with Gasteiger partial charge >= 0.3 is 0 Å². The van der Waals surface area contributed by atoms with Gasteiger partial charge in [0.15, 0.2) is 5.82 Å². The largest absolute Gasteiger partial charge is 0.277 e. The third-order valence-electron chi connectivity index (χ3n) is 8.42. The number of fused-ring (bicyclic) bond motifs is 4. The van der Waals surface area contributed by atoms with Crippen LogP contribution in [0.25, 0.3) is 0 Å². The summed E-state index contributed by atoms with van der Waals surface area (Å²) in [5.74, 6) is 3.22. The van der Waals surface area contributed by atoms with Crippen LogP contribution >= 0.6 is 0 Å². The molecule has 29 heavy (non-hydrogen) atoms. The molecule has 1 aromatic rings. The van der Waals surface area contributed by atoms with Gasteiger partial charge in [0.05, 0.1) is 5.54 Å². The van der Waals surface area contributed by atoms with Crippen LogP contribution in [0.3, 0.4) is 0 Å². The third kappa shape index (κ3) is 3.14. The highest BCUT2D eigenvalue weighted by atomic mass is 16.2. The summed E-state index contributed by atoms with van der Waals surface area (Å²) >= 11 is 0. The normalized spacial score (nSPS) is 29.7. The summed E-state index contributed by atoms with van der Waals surface area (Å²) in [5, 5.41) is 5.11. The Morgan fingerprint density at radius 1 is 0.931 bits per heavy atom. The lowest BCUT2D eigenvalue weighted by Crippen LogP contribution is -2.62. The van der Waals surface area contributed by atoms with Crippen LogP contribution < -0.4 is 4.90 Å². The monoisotopic (exact) mass is 398 g/mol. The molecule has 3 saturated carbocycles. The van der Waals surface area contributed by atoms with Crippen LogP contribution in [-0.4, -0.2) is 26.7 Å².